The molecule has 51 valence electrons. The van der Waals surface area contributed by atoms with Gasteiger partial charge in [-0.1, -0.05) is 26.0 Å². The number of hydrogen-bond donors (Lipinski definition) is 0. The third-order valence-corrected chi connectivity index (χ3v) is 1.15. The van der Waals surface area contributed by atoms with Crippen LogP contribution in [0, 0.1) is 6.08 Å². The van der Waals surface area contributed by atoms with Crippen molar-refractivity contribution in [2.75, 3.05) is 0 Å². The first kappa shape index (κ1) is 8.48. The van der Waals surface area contributed by atoms with Crippen LogP contribution < -0.4 is 0 Å². The second-order valence-corrected chi connectivity index (χ2v) is 1.91. The van der Waals surface area contributed by atoms with E-state index in [0.29, 0.717) is 0 Å². The van der Waals surface area contributed by atoms with Gasteiger partial charge in [0.25, 0.3) is 0 Å². The van der Waals surface area contributed by atoms with Gasteiger partial charge in [0.15, 0.2) is 0 Å². The number of hydrogen-bond acceptors (Lipinski definition) is 0. The molecule has 0 heterocycles. The van der Waals surface area contributed by atoms with Crippen LogP contribution in [0.3, 0.4) is 0 Å². The summed E-state index contributed by atoms with van der Waals surface area (Å²) in [7, 11) is 0. The van der Waals surface area contributed by atoms with E-state index in [0.717, 1.165) is 12.8 Å². The molecule has 0 aromatic carbocycles. The summed E-state index contributed by atoms with van der Waals surface area (Å²) in [6, 6.07) is 0. The normalized spacial score (nSPS) is 13.0. The van der Waals surface area contributed by atoms with Gasteiger partial charge in [-0.05, 0) is 31.4 Å². The second-order valence-electron chi connectivity index (χ2n) is 1.91. The van der Waals surface area contributed by atoms with Gasteiger partial charge in [-0.25, -0.2) is 0 Å². The Morgan fingerprint density at radius 2 is 2.11 bits per heavy atom. The average molecular weight is 123 g/mol. The summed E-state index contributed by atoms with van der Waals surface area (Å²) >= 11 is 0. The highest BCUT2D eigenvalue weighted by atomic mass is 13.9. The molecule has 1 radical (unpaired) electrons. The van der Waals surface area contributed by atoms with Crippen molar-refractivity contribution >= 4 is 0 Å². The van der Waals surface area contributed by atoms with E-state index < -0.39 is 0 Å². The summed E-state index contributed by atoms with van der Waals surface area (Å²) < 4.78 is 0. The maximum atomic E-state index is 3.26. The minimum atomic E-state index is 1.02. The molecule has 0 aliphatic rings. The van der Waals surface area contributed by atoms with Crippen molar-refractivity contribution in [3.8, 4) is 0 Å². The minimum absolute atomic E-state index is 1.02. The van der Waals surface area contributed by atoms with E-state index in [1.54, 1.807) is 0 Å². The van der Waals surface area contributed by atoms with Gasteiger partial charge in [0.05, 0.1) is 0 Å². The van der Waals surface area contributed by atoms with E-state index in [4.69, 9.17) is 0 Å². The van der Waals surface area contributed by atoms with E-state index in [1.807, 2.05) is 6.92 Å². The Kier molecular flexibility index (Phi) is 5.29. The topological polar surface area (TPSA) is 0 Å². The fourth-order valence-electron chi connectivity index (χ4n) is 0.730. The molecule has 0 aromatic rings. The molecule has 0 saturated carbocycles. The molecule has 0 bridgehead atoms. The molecule has 0 heteroatoms. The van der Waals surface area contributed by atoms with Crippen molar-refractivity contribution in [3.05, 3.63) is 23.8 Å². The van der Waals surface area contributed by atoms with Crippen molar-refractivity contribution in [1.82, 2.24) is 0 Å². The zero-order valence-corrected chi connectivity index (χ0v) is 6.57. The highest BCUT2D eigenvalue weighted by molar-refractivity contribution is 5.13. The first-order chi connectivity index (χ1) is 4.35. The average Bonchev–Trinajstić information content (AvgIpc) is 1.88. The summed E-state index contributed by atoms with van der Waals surface area (Å²) in [5, 5.41) is 0. The Morgan fingerprint density at radius 1 is 1.44 bits per heavy atom. The molecule has 0 spiro atoms. The van der Waals surface area contributed by atoms with Gasteiger partial charge in [-0.2, -0.15) is 0 Å². The third-order valence-electron chi connectivity index (χ3n) is 1.15. The minimum Gasteiger partial charge on any atom is -0.0874 e. The molecule has 0 rings (SSSR count). The van der Waals surface area contributed by atoms with E-state index in [1.165, 1.54) is 5.57 Å². The van der Waals surface area contributed by atoms with Gasteiger partial charge in [-0.3, -0.25) is 0 Å². The first-order valence-corrected chi connectivity index (χ1v) is 3.57. The molecule has 0 atom stereocenters. The summed E-state index contributed by atoms with van der Waals surface area (Å²) in [5.74, 6) is 0. The van der Waals surface area contributed by atoms with Crippen molar-refractivity contribution in [3.63, 3.8) is 0 Å². The predicted molar refractivity (Wildman–Crippen MR) is 42.2 cm³/mol. The van der Waals surface area contributed by atoms with Gasteiger partial charge in [0, 0.05) is 0 Å². The molecule has 0 saturated heterocycles. The molecule has 9 heavy (non-hydrogen) atoms. The molecular weight excluding hydrogens is 108 g/mol. The Morgan fingerprint density at radius 3 is 2.44 bits per heavy atom. The van der Waals surface area contributed by atoms with Crippen molar-refractivity contribution in [2.45, 2.75) is 33.6 Å². The maximum absolute atomic E-state index is 3.26. The maximum Gasteiger partial charge on any atom is -0.0302 e. The Labute approximate surface area is 58.3 Å². The quantitative estimate of drug-likeness (QED) is 0.506. The SMILES string of the molecule is C/C=C/C(=[C]\CC)CC. The second kappa shape index (κ2) is 5.61. The molecule has 0 fully saturated rings. The van der Waals surface area contributed by atoms with E-state index in [2.05, 4.69) is 32.1 Å². The Hall–Kier alpha value is -0.520. The van der Waals surface area contributed by atoms with Crippen LogP contribution in [-0.2, 0) is 0 Å². The molecular formula is C9H15. The summed E-state index contributed by atoms with van der Waals surface area (Å²) in [6.07, 6.45) is 9.55. The van der Waals surface area contributed by atoms with Crippen LogP contribution in [0.15, 0.2) is 17.7 Å². The van der Waals surface area contributed by atoms with Gasteiger partial charge in [0.2, 0.25) is 0 Å². The molecule has 0 aliphatic heterocycles. The van der Waals surface area contributed by atoms with Crippen LogP contribution in [0.25, 0.3) is 0 Å². The van der Waals surface area contributed by atoms with Crippen molar-refractivity contribution in [2.24, 2.45) is 0 Å². The highest BCUT2D eigenvalue weighted by Gasteiger charge is 1.83. The summed E-state index contributed by atoms with van der Waals surface area (Å²) in [4.78, 5) is 0. The lowest BCUT2D eigenvalue weighted by atomic mass is 10.1. The smallest absolute Gasteiger partial charge is 0.0302 e. The van der Waals surface area contributed by atoms with Crippen LogP contribution in [0.2, 0.25) is 0 Å². The number of rotatable bonds is 3. The van der Waals surface area contributed by atoms with Crippen LogP contribution in [0.5, 0.6) is 0 Å². The fourth-order valence-corrected chi connectivity index (χ4v) is 0.730. The van der Waals surface area contributed by atoms with Gasteiger partial charge in [0.1, 0.15) is 0 Å². The fraction of sp³-hybridized carbons (Fsp3) is 0.556. The van der Waals surface area contributed by atoms with Gasteiger partial charge < -0.3 is 0 Å². The van der Waals surface area contributed by atoms with Crippen LogP contribution in [0.4, 0.5) is 0 Å². The number of allylic oxidation sites excluding steroid dienone is 4. The molecule has 0 nitrogen and oxygen atoms in total. The molecule has 0 amide bonds. The lowest BCUT2D eigenvalue weighted by molar-refractivity contribution is 1.07. The highest BCUT2D eigenvalue weighted by Crippen LogP contribution is 2.01. The molecule has 0 aromatic heterocycles. The Bertz CT molecular complexity index is 107. The third kappa shape index (κ3) is 4.01. The zero-order valence-electron chi connectivity index (χ0n) is 6.57. The summed E-state index contributed by atoms with van der Waals surface area (Å²) in [6.45, 7) is 6.30. The van der Waals surface area contributed by atoms with Crippen LogP contribution in [0.1, 0.15) is 33.6 Å². The van der Waals surface area contributed by atoms with E-state index in [-0.39, 0.29) is 0 Å². The lowest BCUT2D eigenvalue weighted by Crippen LogP contribution is -1.73. The lowest BCUT2D eigenvalue weighted by Gasteiger charge is -1.91. The van der Waals surface area contributed by atoms with Crippen molar-refractivity contribution < 1.29 is 0 Å². The van der Waals surface area contributed by atoms with E-state index >= 15 is 0 Å². The molecule has 0 aliphatic carbocycles. The summed E-state index contributed by atoms with van der Waals surface area (Å²) in [5.41, 5.74) is 1.32. The van der Waals surface area contributed by atoms with Crippen LogP contribution in [-0.4, -0.2) is 0 Å². The van der Waals surface area contributed by atoms with Gasteiger partial charge >= 0.3 is 0 Å². The van der Waals surface area contributed by atoms with E-state index in [9.17, 15) is 0 Å². The predicted octanol–water partition coefficient (Wildman–Crippen LogP) is 3.11. The zero-order chi connectivity index (χ0) is 7.11. The van der Waals surface area contributed by atoms with Crippen LogP contribution >= 0.6 is 0 Å². The standard InChI is InChI=1S/C9H15/c1-4-7-9(6-3)8-5-2/h4,7H,5-6H2,1-3H3/b7-4+,9-8?. The van der Waals surface area contributed by atoms with Crippen molar-refractivity contribution in [1.29, 1.82) is 0 Å². The molecule has 0 N–H and O–H groups in total. The largest absolute Gasteiger partial charge is 0.0874 e. The molecule has 0 unspecified atom stereocenters. The first-order valence-electron chi connectivity index (χ1n) is 3.57. The monoisotopic (exact) mass is 123 g/mol. The van der Waals surface area contributed by atoms with Gasteiger partial charge in [-0.15, -0.1) is 0 Å². The Balaban J connectivity index is 3.81.